The number of rotatable bonds is 7. The normalized spacial score (nSPS) is 21.1. The zero-order chi connectivity index (χ0) is 18.4. The van der Waals surface area contributed by atoms with Gasteiger partial charge >= 0.3 is 0 Å². The van der Waals surface area contributed by atoms with Gasteiger partial charge in [0.1, 0.15) is 5.82 Å². The van der Waals surface area contributed by atoms with E-state index >= 15 is 0 Å². The molecule has 0 unspecified atom stereocenters. The maximum absolute atomic E-state index is 13.3. The lowest BCUT2D eigenvalue weighted by molar-refractivity contribution is -0.128. The lowest BCUT2D eigenvalue weighted by atomic mass is 9.96. The molecule has 6 heteroatoms. The Hall–Kier alpha value is -1.50. The quantitative estimate of drug-likeness (QED) is 0.781. The van der Waals surface area contributed by atoms with Crippen LogP contribution in [0.15, 0.2) is 24.3 Å². The summed E-state index contributed by atoms with van der Waals surface area (Å²) in [6.07, 6.45) is 1.79. The van der Waals surface area contributed by atoms with Gasteiger partial charge in [-0.05, 0) is 58.1 Å². The SMILES string of the molecule is CN(C)C[C@@](C)(O)CNC(=O)[C@@H]1CCCN(Cc2cccc(F)c2)C1. The van der Waals surface area contributed by atoms with Gasteiger partial charge in [-0.15, -0.1) is 0 Å². The Labute approximate surface area is 149 Å². The molecular weight excluding hydrogens is 321 g/mol. The molecule has 25 heavy (non-hydrogen) atoms. The van der Waals surface area contributed by atoms with Crippen LogP contribution in [-0.2, 0) is 11.3 Å². The van der Waals surface area contributed by atoms with Gasteiger partial charge in [-0.3, -0.25) is 9.69 Å². The molecule has 0 saturated carbocycles. The number of likely N-dealkylation sites (N-methyl/N-ethyl adjacent to an activating group) is 1. The number of halogens is 1. The molecule has 1 fully saturated rings. The van der Waals surface area contributed by atoms with Crippen LogP contribution >= 0.6 is 0 Å². The molecule has 2 atom stereocenters. The van der Waals surface area contributed by atoms with E-state index in [0.29, 0.717) is 19.6 Å². The summed E-state index contributed by atoms with van der Waals surface area (Å²) in [5.41, 5.74) is -0.0234. The number of piperidine rings is 1. The van der Waals surface area contributed by atoms with E-state index in [1.54, 1.807) is 19.1 Å². The first-order valence-electron chi connectivity index (χ1n) is 8.87. The Kier molecular flexibility index (Phi) is 6.93. The third kappa shape index (κ3) is 6.72. The summed E-state index contributed by atoms with van der Waals surface area (Å²) in [6.45, 7) is 4.69. The Morgan fingerprint density at radius 1 is 1.48 bits per heavy atom. The fourth-order valence-corrected chi connectivity index (χ4v) is 3.47. The van der Waals surface area contributed by atoms with Crippen LogP contribution in [0.25, 0.3) is 0 Å². The molecule has 1 aliphatic heterocycles. The van der Waals surface area contributed by atoms with Crippen LogP contribution in [-0.4, -0.2) is 66.7 Å². The predicted molar refractivity (Wildman–Crippen MR) is 96.6 cm³/mol. The number of carbonyl (C=O) groups is 1. The maximum Gasteiger partial charge on any atom is 0.224 e. The first-order valence-corrected chi connectivity index (χ1v) is 8.87. The molecule has 1 aliphatic rings. The van der Waals surface area contributed by atoms with E-state index in [1.165, 1.54) is 6.07 Å². The molecular formula is C19H30FN3O2. The molecule has 0 bridgehead atoms. The molecule has 1 saturated heterocycles. The second kappa shape index (κ2) is 8.74. The third-order valence-electron chi connectivity index (χ3n) is 4.47. The molecule has 0 aliphatic carbocycles. The van der Waals surface area contributed by atoms with Gasteiger partial charge in [-0.1, -0.05) is 12.1 Å². The van der Waals surface area contributed by atoms with Crippen molar-refractivity contribution in [1.82, 2.24) is 15.1 Å². The van der Waals surface area contributed by atoms with Crippen LogP contribution < -0.4 is 5.32 Å². The van der Waals surface area contributed by atoms with Crippen molar-refractivity contribution in [2.45, 2.75) is 31.9 Å². The van der Waals surface area contributed by atoms with Crippen LogP contribution in [0.2, 0.25) is 0 Å². The highest BCUT2D eigenvalue weighted by molar-refractivity contribution is 5.79. The van der Waals surface area contributed by atoms with Crippen molar-refractivity contribution >= 4 is 5.91 Å². The van der Waals surface area contributed by atoms with Gasteiger partial charge in [-0.25, -0.2) is 4.39 Å². The standard InChI is InChI=1S/C19H30FN3O2/c1-19(25,14-22(2)3)13-21-18(24)16-7-5-9-23(12-16)11-15-6-4-8-17(20)10-15/h4,6,8,10,16,25H,5,7,9,11-14H2,1-3H3,(H,21,24)/t16-,19+/m1/s1. The Balaban J connectivity index is 1.84. The fraction of sp³-hybridized carbons (Fsp3) is 0.632. The van der Waals surface area contributed by atoms with Gasteiger partial charge in [0, 0.05) is 26.2 Å². The average molecular weight is 351 g/mol. The molecule has 2 rings (SSSR count). The summed E-state index contributed by atoms with van der Waals surface area (Å²) in [6, 6.07) is 6.61. The number of nitrogens with zero attached hydrogens (tertiary/aromatic N) is 2. The highest BCUT2D eigenvalue weighted by atomic mass is 19.1. The van der Waals surface area contributed by atoms with Crippen molar-refractivity contribution in [3.63, 3.8) is 0 Å². The first kappa shape index (κ1) is 19.8. The van der Waals surface area contributed by atoms with E-state index in [1.807, 2.05) is 25.1 Å². The summed E-state index contributed by atoms with van der Waals surface area (Å²) in [5.74, 6) is -0.327. The molecule has 0 radical (unpaired) electrons. The molecule has 2 N–H and O–H groups in total. The van der Waals surface area contributed by atoms with E-state index in [2.05, 4.69) is 10.2 Å². The van der Waals surface area contributed by atoms with E-state index in [0.717, 1.165) is 24.9 Å². The van der Waals surface area contributed by atoms with Crippen molar-refractivity contribution in [2.75, 3.05) is 40.3 Å². The maximum atomic E-state index is 13.3. The van der Waals surface area contributed by atoms with Crippen molar-refractivity contribution in [2.24, 2.45) is 5.92 Å². The number of benzene rings is 1. The van der Waals surface area contributed by atoms with Gasteiger partial charge in [0.05, 0.1) is 11.5 Å². The summed E-state index contributed by atoms with van der Waals surface area (Å²) in [4.78, 5) is 16.6. The minimum absolute atomic E-state index is 0.0111. The smallest absolute Gasteiger partial charge is 0.224 e. The average Bonchev–Trinajstić information content (AvgIpc) is 2.52. The zero-order valence-electron chi connectivity index (χ0n) is 15.5. The molecule has 1 aromatic rings. The lowest BCUT2D eigenvalue weighted by Crippen LogP contribution is -2.50. The van der Waals surface area contributed by atoms with Gasteiger partial charge in [0.2, 0.25) is 5.91 Å². The van der Waals surface area contributed by atoms with Crippen LogP contribution in [0.5, 0.6) is 0 Å². The van der Waals surface area contributed by atoms with Crippen molar-refractivity contribution in [1.29, 1.82) is 0 Å². The van der Waals surface area contributed by atoms with Crippen molar-refractivity contribution in [3.8, 4) is 0 Å². The van der Waals surface area contributed by atoms with E-state index in [4.69, 9.17) is 0 Å². The largest absolute Gasteiger partial charge is 0.387 e. The van der Waals surface area contributed by atoms with Crippen molar-refractivity contribution < 1.29 is 14.3 Å². The topological polar surface area (TPSA) is 55.8 Å². The highest BCUT2D eigenvalue weighted by Gasteiger charge is 2.28. The molecule has 0 aromatic heterocycles. The zero-order valence-corrected chi connectivity index (χ0v) is 15.5. The summed E-state index contributed by atoms with van der Waals surface area (Å²) >= 11 is 0. The predicted octanol–water partition coefficient (Wildman–Crippen LogP) is 1.47. The minimum Gasteiger partial charge on any atom is -0.387 e. The van der Waals surface area contributed by atoms with Gasteiger partial charge < -0.3 is 15.3 Å². The van der Waals surface area contributed by atoms with Crippen LogP contribution in [0.3, 0.4) is 0 Å². The summed E-state index contributed by atoms with van der Waals surface area (Å²) in [7, 11) is 3.78. The van der Waals surface area contributed by atoms with E-state index in [-0.39, 0.29) is 24.2 Å². The Morgan fingerprint density at radius 3 is 2.92 bits per heavy atom. The molecule has 1 amide bonds. The molecule has 0 spiro atoms. The Bertz CT molecular complexity index is 578. The van der Waals surface area contributed by atoms with Gasteiger partial charge in [-0.2, -0.15) is 0 Å². The Morgan fingerprint density at radius 2 is 2.24 bits per heavy atom. The number of nitrogens with one attached hydrogen (secondary N) is 1. The number of carbonyl (C=O) groups excluding carboxylic acids is 1. The number of hydrogen-bond acceptors (Lipinski definition) is 4. The fourth-order valence-electron chi connectivity index (χ4n) is 3.47. The second-order valence-electron chi connectivity index (χ2n) is 7.66. The minimum atomic E-state index is -0.949. The van der Waals surface area contributed by atoms with Crippen molar-refractivity contribution in [3.05, 3.63) is 35.6 Å². The van der Waals surface area contributed by atoms with Crippen LogP contribution in [0.1, 0.15) is 25.3 Å². The molecule has 5 nitrogen and oxygen atoms in total. The third-order valence-corrected chi connectivity index (χ3v) is 4.47. The van der Waals surface area contributed by atoms with Gasteiger partial charge in [0.15, 0.2) is 0 Å². The second-order valence-corrected chi connectivity index (χ2v) is 7.66. The number of aliphatic hydroxyl groups is 1. The molecule has 1 heterocycles. The number of likely N-dealkylation sites (tertiary alicyclic amines) is 1. The monoisotopic (exact) mass is 351 g/mol. The number of amides is 1. The first-order chi connectivity index (χ1) is 11.7. The van der Waals surface area contributed by atoms with E-state index < -0.39 is 5.60 Å². The summed E-state index contributed by atoms with van der Waals surface area (Å²) < 4.78 is 13.3. The van der Waals surface area contributed by atoms with Crippen LogP contribution in [0.4, 0.5) is 4.39 Å². The van der Waals surface area contributed by atoms with E-state index in [9.17, 15) is 14.3 Å². The highest BCUT2D eigenvalue weighted by Crippen LogP contribution is 2.19. The van der Waals surface area contributed by atoms with Gasteiger partial charge in [0.25, 0.3) is 0 Å². The lowest BCUT2D eigenvalue weighted by Gasteiger charge is -2.33. The van der Waals surface area contributed by atoms with Crippen LogP contribution in [0, 0.1) is 11.7 Å². The molecule has 140 valence electrons. The number of hydrogen-bond donors (Lipinski definition) is 2. The summed E-state index contributed by atoms with van der Waals surface area (Å²) in [5, 5.41) is 13.2. The molecule has 1 aromatic carbocycles.